The molecule has 0 bridgehead atoms. The van der Waals surface area contributed by atoms with Gasteiger partial charge in [-0.3, -0.25) is 19.5 Å². The Hall–Kier alpha value is -3.76. The number of aliphatic carboxylic acids is 1. The van der Waals surface area contributed by atoms with Crippen molar-refractivity contribution in [3.05, 3.63) is 70.4 Å². The number of carboxylic acids is 1. The number of hydrogen-bond donors (Lipinski definition) is 2. The number of fused-ring (bicyclic) bond motifs is 2. The van der Waals surface area contributed by atoms with Crippen molar-refractivity contribution in [3.63, 3.8) is 0 Å². The molecule has 2 amide bonds. The summed E-state index contributed by atoms with van der Waals surface area (Å²) < 4.78 is 6.47. The fraction of sp³-hybridized carbons (Fsp3) is 0.143. The molecule has 21 heteroatoms. The van der Waals surface area contributed by atoms with Gasteiger partial charge in [-0.2, -0.15) is 0 Å². The minimum absolute atomic E-state index is 0. The quantitative estimate of drug-likeness (QED) is 0.0338. The van der Waals surface area contributed by atoms with Gasteiger partial charge in [0.05, 0.1) is 21.9 Å². The first-order valence-electron chi connectivity index (χ1n) is 13.6. The first-order chi connectivity index (χ1) is 23.2. The topological polar surface area (TPSA) is 229 Å². The maximum Gasteiger partial charge on any atom is 1.00 e. The average Bonchev–Trinajstić information content (AvgIpc) is 3.86. The normalized spacial score (nSPS) is 15.6. The van der Waals surface area contributed by atoms with Gasteiger partial charge in [0.25, 0.3) is 22.9 Å². The third kappa shape index (κ3) is 8.18. The van der Waals surface area contributed by atoms with E-state index < -0.39 is 17.8 Å². The monoisotopic (exact) mass is 761 g/mol. The smallest absolute Gasteiger partial charge is 0.543 e. The predicted molar refractivity (Wildman–Crippen MR) is 184 cm³/mol. The predicted octanol–water partition coefficient (Wildman–Crippen LogP) is -0.785. The van der Waals surface area contributed by atoms with Crippen molar-refractivity contribution in [3.8, 4) is 11.6 Å². The summed E-state index contributed by atoms with van der Waals surface area (Å²) in [5, 5.41) is 25.6. The zero-order valence-corrected chi connectivity index (χ0v) is 31.3. The second-order valence-electron chi connectivity index (χ2n) is 9.45. The minimum Gasteiger partial charge on any atom is -0.543 e. The van der Waals surface area contributed by atoms with Crippen LogP contribution in [0.3, 0.4) is 0 Å². The molecule has 6 heterocycles. The second-order valence-corrected chi connectivity index (χ2v) is 13.9. The number of carboxylic acid groups (broad SMARTS) is 1. The van der Waals surface area contributed by atoms with Gasteiger partial charge in [0.2, 0.25) is 0 Å². The van der Waals surface area contributed by atoms with Crippen molar-refractivity contribution < 1.29 is 58.3 Å². The molecule has 0 spiro atoms. The number of carbonyl (C=O) groups is 3. The number of nitrogens with two attached hydrogens (primary N) is 2. The first-order valence-corrected chi connectivity index (χ1v) is 17.7. The van der Waals surface area contributed by atoms with E-state index in [1.807, 2.05) is 30.3 Å². The largest absolute Gasteiger partial charge is 1.00 e. The molecule has 7 rings (SSSR count). The van der Waals surface area contributed by atoms with Crippen LogP contribution in [0.1, 0.15) is 10.7 Å². The van der Waals surface area contributed by atoms with Crippen LogP contribution in [0.15, 0.2) is 74.5 Å². The number of thiocarbonyl (C=S) groups is 1. The summed E-state index contributed by atoms with van der Waals surface area (Å²) in [5.41, 5.74) is 12.8. The van der Waals surface area contributed by atoms with Gasteiger partial charge in [-0.15, -0.1) is 44.6 Å². The maximum absolute atomic E-state index is 11.9. The van der Waals surface area contributed by atoms with Gasteiger partial charge in [-0.25, -0.2) is 9.97 Å². The van der Waals surface area contributed by atoms with Crippen LogP contribution in [-0.4, -0.2) is 81.9 Å². The Kier molecular flexibility index (Phi) is 12.1. The summed E-state index contributed by atoms with van der Waals surface area (Å²) in [6.07, 6.45) is 1.64. The van der Waals surface area contributed by atoms with Crippen LogP contribution in [0.2, 0.25) is 0 Å². The number of anilines is 1. The molecule has 0 aliphatic carbocycles. The van der Waals surface area contributed by atoms with Crippen LogP contribution >= 0.6 is 58.4 Å². The standard InChI is InChI=1S/C14H13N7O3S2.C14H8N2O3S3.Na/c15-11(22)10(9-7-26-13(16)18-9)21-23-5-6-25-14-20-19-12(24-14)8-3-1-2-4-17-8;17-12-10(20)13-16(12)9(14(18)19)6(5-21-13)11-15-7-3-1-2-4-8(7)22-11;/h1-4,7H,5-6H2,(H2,15,22)(H2,16,18);1-4,13H,5H2,(H,18,19);/q;;+1/p-1/b21-10-;;/t;13-;/m.0./s1. The van der Waals surface area contributed by atoms with Crippen LogP contribution in [0.5, 0.6) is 0 Å². The number of primary amides is 1. The zero-order valence-electron chi connectivity index (χ0n) is 25.2. The fourth-order valence-corrected chi connectivity index (χ4v) is 8.09. The number of rotatable bonds is 10. The van der Waals surface area contributed by atoms with Crippen LogP contribution in [0, 0.1) is 0 Å². The molecule has 5 aromatic rings. The number of β-lactam (4-membered cyclic amide) rings is 1. The Morgan fingerprint density at radius 2 is 1.98 bits per heavy atom. The van der Waals surface area contributed by atoms with Crippen LogP contribution in [0.4, 0.5) is 5.13 Å². The van der Waals surface area contributed by atoms with E-state index in [1.54, 1.807) is 23.7 Å². The zero-order chi connectivity index (χ0) is 33.8. The maximum atomic E-state index is 11.9. The summed E-state index contributed by atoms with van der Waals surface area (Å²) in [6, 6.07) is 13.0. The van der Waals surface area contributed by atoms with E-state index in [2.05, 4.69) is 30.3 Å². The van der Waals surface area contributed by atoms with Crippen molar-refractivity contribution in [1.82, 2.24) is 30.0 Å². The Labute approximate surface area is 320 Å². The number of oxime groups is 1. The molecule has 0 radical (unpaired) electrons. The van der Waals surface area contributed by atoms with Crippen molar-refractivity contribution in [2.75, 3.05) is 23.8 Å². The molecule has 1 fully saturated rings. The third-order valence-corrected chi connectivity index (χ3v) is 10.7. The number of para-hydroxylation sites is 1. The number of thioether (sulfide) groups is 2. The summed E-state index contributed by atoms with van der Waals surface area (Å²) >= 11 is 10.3. The molecule has 244 valence electrons. The number of pyridine rings is 1. The summed E-state index contributed by atoms with van der Waals surface area (Å²) in [6.45, 7) is 0.197. The SMILES string of the molecule is NC(=O)/C(=N\OCCSc1nnc(-c2ccccn2)o1)c1csc(N)n1.O=C([O-])C1=C(c2nc3ccccc3s2)CS[C@H]2C(=S)C(=O)N12.[Na+]. The van der Waals surface area contributed by atoms with E-state index in [-0.39, 0.29) is 63.5 Å². The molecular formula is C28H20N9NaO6S5. The van der Waals surface area contributed by atoms with E-state index in [0.717, 1.165) is 10.2 Å². The number of benzene rings is 1. The molecule has 15 nitrogen and oxygen atoms in total. The van der Waals surface area contributed by atoms with E-state index in [4.69, 9.17) is 32.9 Å². The molecule has 1 atom stereocenters. The molecule has 49 heavy (non-hydrogen) atoms. The van der Waals surface area contributed by atoms with E-state index in [9.17, 15) is 19.5 Å². The number of hydrogen-bond acceptors (Lipinski definition) is 18. The number of nitrogens with zero attached hydrogens (tertiary/aromatic N) is 7. The third-order valence-electron chi connectivity index (χ3n) is 6.39. The minimum atomic E-state index is -1.37. The molecule has 0 unspecified atom stereocenters. The Morgan fingerprint density at radius 3 is 2.67 bits per heavy atom. The molecule has 1 aromatic carbocycles. The van der Waals surface area contributed by atoms with Gasteiger partial charge in [-0.1, -0.05) is 47.3 Å². The second kappa shape index (κ2) is 16.3. The fourth-order valence-electron chi connectivity index (χ4n) is 4.26. The molecule has 4 N–H and O–H groups in total. The molecule has 2 aliphatic rings. The van der Waals surface area contributed by atoms with Crippen LogP contribution in [-0.2, 0) is 19.2 Å². The Bertz CT molecular complexity index is 2070. The Morgan fingerprint density at radius 1 is 1.18 bits per heavy atom. The van der Waals surface area contributed by atoms with Gasteiger partial charge >= 0.3 is 29.6 Å². The number of amides is 2. The van der Waals surface area contributed by atoms with Crippen molar-refractivity contribution in [1.29, 1.82) is 0 Å². The molecule has 2 aliphatic heterocycles. The number of thiazole rings is 2. The van der Waals surface area contributed by atoms with E-state index in [0.29, 0.717) is 44.0 Å². The van der Waals surface area contributed by atoms with Crippen molar-refractivity contribution >= 4 is 108 Å². The number of carbonyl (C=O) groups excluding carboxylic acids is 3. The number of aromatic nitrogens is 5. The van der Waals surface area contributed by atoms with Crippen molar-refractivity contribution in [2.24, 2.45) is 10.9 Å². The van der Waals surface area contributed by atoms with E-state index >= 15 is 0 Å². The van der Waals surface area contributed by atoms with Gasteiger partial charge in [0.15, 0.2) is 10.8 Å². The Balaban J connectivity index is 0.000000189. The number of nitrogen functional groups attached to an aromatic ring is 1. The molecule has 4 aromatic heterocycles. The van der Waals surface area contributed by atoms with E-state index in [1.165, 1.54) is 51.1 Å². The van der Waals surface area contributed by atoms with Crippen LogP contribution in [0.25, 0.3) is 27.4 Å². The van der Waals surface area contributed by atoms with Crippen molar-refractivity contribution in [2.45, 2.75) is 10.6 Å². The van der Waals surface area contributed by atoms with Gasteiger partial charge in [0.1, 0.15) is 33.2 Å². The van der Waals surface area contributed by atoms with Gasteiger partial charge in [-0.05, 0) is 24.3 Å². The molecule has 1 saturated heterocycles. The molecule has 0 saturated carbocycles. The van der Waals surface area contributed by atoms with Gasteiger partial charge < -0.3 is 30.6 Å². The average molecular weight is 762 g/mol. The first kappa shape index (κ1) is 36.5. The summed E-state index contributed by atoms with van der Waals surface area (Å²) in [4.78, 5) is 54.0. The summed E-state index contributed by atoms with van der Waals surface area (Å²) in [7, 11) is 0. The summed E-state index contributed by atoms with van der Waals surface area (Å²) in [5.74, 6) is -1.29. The molecular weight excluding hydrogens is 742 g/mol. The van der Waals surface area contributed by atoms with Gasteiger partial charge in [0, 0.05) is 28.7 Å². The van der Waals surface area contributed by atoms with Crippen LogP contribution < -0.4 is 46.1 Å².